The molecule has 27 heavy (non-hydrogen) atoms. The Balaban J connectivity index is 1.92. The number of benzene rings is 2. The van der Waals surface area contributed by atoms with Gasteiger partial charge < -0.3 is 15.5 Å². The van der Waals surface area contributed by atoms with Crippen LogP contribution in [0.2, 0.25) is 5.02 Å². The molecule has 0 aliphatic carbocycles. The second-order valence-electron chi connectivity index (χ2n) is 6.75. The van der Waals surface area contributed by atoms with Crippen molar-refractivity contribution >= 4 is 29.1 Å². The zero-order valence-electron chi connectivity index (χ0n) is 15.5. The Morgan fingerprint density at radius 3 is 2.67 bits per heavy atom. The maximum atomic E-state index is 13.3. The summed E-state index contributed by atoms with van der Waals surface area (Å²) in [6.45, 7) is 2.14. The molecule has 6 heteroatoms. The molecule has 0 aromatic heterocycles. The predicted molar refractivity (Wildman–Crippen MR) is 108 cm³/mol. The molecule has 0 radical (unpaired) electrons. The Bertz CT molecular complexity index is 840. The van der Waals surface area contributed by atoms with Gasteiger partial charge in [-0.2, -0.15) is 0 Å². The van der Waals surface area contributed by atoms with Gasteiger partial charge in [0.25, 0.3) is 0 Å². The number of carbonyl (C=O) groups excluding carboxylic acids is 2. The maximum absolute atomic E-state index is 13.3. The molecular weight excluding hydrogens is 362 g/mol. The second-order valence-corrected chi connectivity index (χ2v) is 7.16. The van der Waals surface area contributed by atoms with Crippen molar-refractivity contribution in [2.24, 2.45) is 0 Å². The quantitative estimate of drug-likeness (QED) is 0.831. The van der Waals surface area contributed by atoms with Crippen LogP contribution in [0, 0.1) is 0 Å². The number of fused-ring (bicyclic) bond motifs is 1. The number of carbonyl (C=O) groups is 2. The largest absolute Gasteiger partial charge is 0.343 e. The van der Waals surface area contributed by atoms with Crippen LogP contribution in [0.5, 0.6) is 0 Å². The molecule has 2 aromatic rings. The van der Waals surface area contributed by atoms with Gasteiger partial charge in [-0.05, 0) is 50.1 Å². The Morgan fingerprint density at radius 2 is 1.93 bits per heavy atom. The van der Waals surface area contributed by atoms with Crippen LogP contribution in [0.25, 0.3) is 0 Å². The molecule has 3 rings (SSSR count). The highest BCUT2D eigenvalue weighted by Gasteiger charge is 2.32. The summed E-state index contributed by atoms with van der Waals surface area (Å²) < 4.78 is 0. The molecule has 142 valence electrons. The number of hydrogen-bond donors (Lipinski definition) is 2. The van der Waals surface area contributed by atoms with Gasteiger partial charge in [0.1, 0.15) is 6.04 Å². The molecule has 0 saturated heterocycles. The third kappa shape index (κ3) is 4.31. The summed E-state index contributed by atoms with van der Waals surface area (Å²) in [5.74, 6) is -0.295. The lowest BCUT2D eigenvalue weighted by molar-refractivity contribution is -0.128. The number of nitrogens with one attached hydrogen (secondary N) is 2. The van der Waals surface area contributed by atoms with E-state index in [2.05, 4.69) is 10.6 Å². The van der Waals surface area contributed by atoms with Crippen LogP contribution in [-0.4, -0.2) is 30.9 Å². The van der Waals surface area contributed by atoms with Crippen molar-refractivity contribution < 1.29 is 9.59 Å². The molecule has 2 unspecified atom stereocenters. The molecule has 0 saturated carbocycles. The lowest BCUT2D eigenvalue weighted by Crippen LogP contribution is -2.52. The molecule has 2 aromatic carbocycles. The fraction of sp³-hybridized carbons (Fsp3) is 0.333. The SMILES string of the molecule is CNC(C)C(=O)NC1CCc2ccccc2N(Cc2ccccc2Cl)C1=O. The van der Waals surface area contributed by atoms with Crippen LogP contribution in [0.1, 0.15) is 24.5 Å². The molecular formula is C21H24ClN3O2. The van der Waals surface area contributed by atoms with E-state index in [1.807, 2.05) is 48.5 Å². The molecule has 0 bridgehead atoms. The number of para-hydroxylation sites is 1. The van der Waals surface area contributed by atoms with Gasteiger partial charge in [0.05, 0.1) is 12.6 Å². The van der Waals surface area contributed by atoms with Crippen molar-refractivity contribution in [1.29, 1.82) is 0 Å². The lowest BCUT2D eigenvalue weighted by Gasteiger charge is -2.27. The molecule has 2 amide bonds. The highest BCUT2D eigenvalue weighted by atomic mass is 35.5. The maximum Gasteiger partial charge on any atom is 0.249 e. The first-order chi connectivity index (χ1) is 13.0. The third-order valence-corrected chi connectivity index (χ3v) is 5.35. The highest BCUT2D eigenvalue weighted by Crippen LogP contribution is 2.30. The van der Waals surface area contributed by atoms with Gasteiger partial charge >= 0.3 is 0 Å². The van der Waals surface area contributed by atoms with Crippen LogP contribution in [0.3, 0.4) is 0 Å². The summed E-state index contributed by atoms with van der Waals surface area (Å²) in [4.78, 5) is 27.4. The normalized spacial score (nSPS) is 17.8. The minimum Gasteiger partial charge on any atom is -0.343 e. The zero-order chi connectivity index (χ0) is 19.4. The van der Waals surface area contributed by atoms with Crippen molar-refractivity contribution in [1.82, 2.24) is 10.6 Å². The van der Waals surface area contributed by atoms with Crippen molar-refractivity contribution in [2.45, 2.75) is 38.4 Å². The molecule has 2 N–H and O–H groups in total. The molecule has 2 atom stereocenters. The Hall–Kier alpha value is -2.37. The Kier molecular flexibility index (Phi) is 6.14. The van der Waals surface area contributed by atoms with Crippen LogP contribution in [0.4, 0.5) is 5.69 Å². The number of nitrogens with zero attached hydrogens (tertiary/aromatic N) is 1. The first-order valence-corrected chi connectivity index (χ1v) is 9.49. The smallest absolute Gasteiger partial charge is 0.249 e. The van der Waals surface area contributed by atoms with E-state index in [-0.39, 0.29) is 17.9 Å². The third-order valence-electron chi connectivity index (χ3n) is 4.98. The van der Waals surface area contributed by atoms with Gasteiger partial charge in [0, 0.05) is 10.7 Å². The number of halogens is 1. The number of likely N-dealkylation sites (N-methyl/N-ethyl adjacent to an activating group) is 1. The number of amides is 2. The first kappa shape index (κ1) is 19.4. The topological polar surface area (TPSA) is 61.4 Å². The summed E-state index contributed by atoms with van der Waals surface area (Å²) in [7, 11) is 1.72. The van der Waals surface area contributed by atoms with E-state index in [1.54, 1.807) is 18.9 Å². The minimum atomic E-state index is -0.566. The van der Waals surface area contributed by atoms with E-state index in [4.69, 9.17) is 11.6 Å². The van der Waals surface area contributed by atoms with Gasteiger partial charge in [-0.25, -0.2) is 0 Å². The Labute approximate surface area is 164 Å². The average Bonchev–Trinajstić information content (AvgIpc) is 2.81. The summed E-state index contributed by atoms with van der Waals surface area (Å²) in [5, 5.41) is 6.43. The van der Waals surface area contributed by atoms with Crippen molar-refractivity contribution in [3.63, 3.8) is 0 Å². The van der Waals surface area contributed by atoms with E-state index in [0.717, 1.165) is 23.2 Å². The van der Waals surface area contributed by atoms with Crippen molar-refractivity contribution in [3.05, 3.63) is 64.7 Å². The van der Waals surface area contributed by atoms with Crippen LogP contribution in [0.15, 0.2) is 48.5 Å². The molecule has 1 aliphatic rings. The number of rotatable bonds is 5. The molecule has 1 aliphatic heterocycles. The number of hydrogen-bond acceptors (Lipinski definition) is 3. The fourth-order valence-electron chi connectivity index (χ4n) is 3.24. The monoisotopic (exact) mass is 385 g/mol. The summed E-state index contributed by atoms with van der Waals surface area (Å²) in [5.41, 5.74) is 2.84. The Morgan fingerprint density at radius 1 is 1.22 bits per heavy atom. The van der Waals surface area contributed by atoms with E-state index in [9.17, 15) is 9.59 Å². The van der Waals surface area contributed by atoms with Gasteiger partial charge in [-0.15, -0.1) is 0 Å². The summed E-state index contributed by atoms with van der Waals surface area (Å²) in [6.07, 6.45) is 1.29. The van der Waals surface area contributed by atoms with E-state index in [1.165, 1.54) is 0 Å². The van der Waals surface area contributed by atoms with Gasteiger partial charge in [0.2, 0.25) is 11.8 Å². The van der Waals surface area contributed by atoms with Crippen molar-refractivity contribution in [3.8, 4) is 0 Å². The van der Waals surface area contributed by atoms with Crippen LogP contribution in [-0.2, 0) is 22.6 Å². The van der Waals surface area contributed by atoms with Crippen LogP contribution >= 0.6 is 11.6 Å². The molecule has 0 spiro atoms. The molecule has 0 fully saturated rings. The zero-order valence-corrected chi connectivity index (χ0v) is 16.3. The summed E-state index contributed by atoms with van der Waals surface area (Å²) >= 11 is 6.32. The van der Waals surface area contributed by atoms with Crippen LogP contribution < -0.4 is 15.5 Å². The minimum absolute atomic E-state index is 0.114. The molecule has 1 heterocycles. The van der Waals surface area contributed by atoms with Gasteiger partial charge in [-0.1, -0.05) is 48.0 Å². The lowest BCUT2D eigenvalue weighted by atomic mass is 10.1. The number of anilines is 1. The van der Waals surface area contributed by atoms with E-state index < -0.39 is 6.04 Å². The van der Waals surface area contributed by atoms with E-state index >= 15 is 0 Å². The molecule has 5 nitrogen and oxygen atoms in total. The fourth-order valence-corrected chi connectivity index (χ4v) is 3.43. The highest BCUT2D eigenvalue weighted by molar-refractivity contribution is 6.31. The average molecular weight is 386 g/mol. The van der Waals surface area contributed by atoms with Gasteiger partial charge in [0.15, 0.2) is 0 Å². The number of aryl methyl sites for hydroxylation is 1. The first-order valence-electron chi connectivity index (χ1n) is 9.11. The predicted octanol–water partition coefficient (Wildman–Crippen LogP) is 2.91. The standard InChI is InChI=1S/C21H24ClN3O2/c1-14(23-2)20(26)24-18-12-11-15-7-4-6-10-19(15)25(21(18)27)13-16-8-3-5-9-17(16)22/h3-10,14,18,23H,11-13H2,1-2H3,(H,24,26). The van der Waals surface area contributed by atoms with E-state index in [0.29, 0.717) is 18.0 Å². The second kappa shape index (κ2) is 8.55. The van der Waals surface area contributed by atoms with Gasteiger partial charge in [-0.3, -0.25) is 9.59 Å². The summed E-state index contributed by atoms with van der Waals surface area (Å²) in [6, 6.07) is 14.5. The van der Waals surface area contributed by atoms with Crippen molar-refractivity contribution in [2.75, 3.05) is 11.9 Å².